The number of carbonyl (C=O) groups is 2. The number of methoxy groups -OCH3 is 2. The smallest absolute Gasteiger partial charge is 0.329 e. The standard InChI is InChI=1S/C18H18N4O6/c1-27-14-6-3-12(4-7-14)10-19-17(23)18(24)21-20-11-13-5-8-16(28-2)15(9-13)22(25)26/h3-9,11H,10H2,1-2H3,(H,19,23)(H,21,24)/b20-11+. The summed E-state index contributed by atoms with van der Waals surface area (Å²) in [5.74, 6) is -1.05. The van der Waals surface area contributed by atoms with Gasteiger partial charge in [0.25, 0.3) is 0 Å². The van der Waals surface area contributed by atoms with Crippen LogP contribution in [0.2, 0.25) is 0 Å². The fraction of sp³-hybridized carbons (Fsp3) is 0.167. The summed E-state index contributed by atoms with van der Waals surface area (Å²) < 4.78 is 9.93. The summed E-state index contributed by atoms with van der Waals surface area (Å²) in [4.78, 5) is 33.9. The normalized spacial score (nSPS) is 10.4. The van der Waals surface area contributed by atoms with Crippen LogP contribution in [0.15, 0.2) is 47.6 Å². The number of benzene rings is 2. The number of hydrogen-bond acceptors (Lipinski definition) is 7. The fourth-order valence-electron chi connectivity index (χ4n) is 2.15. The Morgan fingerprint density at radius 1 is 1.11 bits per heavy atom. The Bertz CT molecular complexity index is 895. The molecule has 0 aromatic heterocycles. The number of nitrogens with zero attached hydrogens (tertiary/aromatic N) is 2. The molecule has 10 heteroatoms. The first-order valence-corrected chi connectivity index (χ1v) is 8.01. The molecule has 146 valence electrons. The number of nitrogens with one attached hydrogen (secondary N) is 2. The van der Waals surface area contributed by atoms with E-state index in [4.69, 9.17) is 9.47 Å². The Hall–Kier alpha value is -3.95. The lowest BCUT2D eigenvalue weighted by atomic mass is 10.2. The molecule has 2 aromatic carbocycles. The molecule has 2 N–H and O–H groups in total. The van der Waals surface area contributed by atoms with Crippen molar-refractivity contribution in [2.24, 2.45) is 5.10 Å². The van der Waals surface area contributed by atoms with E-state index < -0.39 is 16.7 Å². The SMILES string of the molecule is COc1ccc(CNC(=O)C(=O)N/N=C/c2ccc(OC)c([N+](=O)[O-])c2)cc1. The van der Waals surface area contributed by atoms with E-state index in [1.54, 1.807) is 31.4 Å². The Kier molecular flexibility index (Phi) is 7.03. The van der Waals surface area contributed by atoms with Crippen LogP contribution in [0.4, 0.5) is 5.69 Å². The van der Waals surface area contributed by atoms with Crippen molar-refractivity contribution >= 4 is 23.7 Å². The summed E-state index contributed by atoms with van der Waals surface area (Å²) in [6.45, 7) is 0.157. The van der Waals surface area contributed by atoms with E-state index in [2.05, 4.69) is 15.8 Å². The van der Waals surface area contributed by atoms with Crippen LogP contribution in [0.25, 0.3) is 0 Å². The predicted octanol–water partition coefficient (Wildman–Crippen LogP) is 1.38. The van der Waals surface area contributed by atoms with Crippen molar-refractivity contribution in [2.75, 3.05) is 14.2 Å². The van der Waals surface area contributed by atoms with Gasteiger partial charge < -0.3 is 14.8 Å². The van der Waals surface area contributed by atoms with Gasteiger partial charge in [-0.05, 0) is 29.8 Å². The number of carbonyl (C=O) groups excluding carboxylic acids is 2. The molecule has 10 nitrogen and oxygen atoms in total. The van der Waals surface area contributed by atoms with E-state index in [9.17, 15) is 19.7 Å². The highest BCUT2D eigenvalue weighted by atomic mass is 16.6. The van der Waals surface area contributed by atoms with Gasteiger partial charge in [-0.15, -0.1) is 0 Å². The van der Waals surface area contributed by atoms with Gasteiger partial charge in [0, 0.05) is 18.2 Å². The molecule has 0 aliphatic rings. The predicted molar refractivity (Wildman–Crippen MR) is 100 cm³/mol. The van der Waals surface area contributed by atoms with Gasteiger partial charge in [0.05, 0.1) is 25.4 Å². The third-order valence-electron chi connectivity index (χ3n) is 3.60. The van der Waals surface area contributed by atoms with Crippen molar-refractivity contribution in [3.8, 4) is 11.5 Å². The number of nitro groups is 1. The lowest BCUT2D eigenvalue weighted by Gasteiger charge is -2.05. The molecule has 0 aliphatic carbocycles. The highest BCUT2D eigenvalue weighted by Crippen LogP contribution is 2.26. The third-order valence-corrected chi connectivity index (χ3v) is 3.60. The van der Waals surface area contributed by atoms with Gasteiger partial charge in [-0.1, -0.05) is 12.1 Å². The van der Waals surface area contributed by atoms with Crippen molar-refractivity contribution in [1.29, 1.82) is 0 Å². The second kappa shape index (κ2) is 9.67. The van der Waals surface area contributed by atoms with Crippen LogP contribution in [0.5, 0.6) is 11.5 Å². The maximum Gasteiger partial charge on any atom is 0.329 e. The zero-order valence-corrected chi connectivity index (χ0v) is 15.2. The first-order chi connectivity index (χ1) is 13.4. The van der Waals surface area contributed by atoms with Gasteiger partial charge in [0.15, 0.2) is 5.75 Å². The largest absolute Gasteiger partial charge is 0.497 e. The maximum absolute atomic E-state index is 11.8. The van der Waals surface area contributed by atoms with E-state index in [0.717, 1.165) is 5.56 Å². The van der Waals surface area contributed by atoms with Crippen LogP contribution in [-0.4, -0.2) is 37.2 Å². The van der Waals surface area contributed by atoms with Gasteiger partial charge in [-0.2, -0.15) is 5.10 Å². The third kappa shape index (κ3) is 5.53. The maximum atomic E-state index is 11.8. The number of nitro benzene ring substituents is 1. The number of hydrazone groups is 1. The topological polar surface area (TPSA) is 132 Å². The number of amides is 2. The minimum Gasteiger partial charge on any atom is -0.497 e. The van der Waals surface area contributed by atoms with Crippen LogP contribution in [0.3, 0.4) is 0 Å². The van der Waals surface area contributed by atoms with Crippen LogP contribution >= 0.6 is 0 Å². The molecule has 2 aromatic rings. The molecule has 0 spiro atoms. The second-order valence-corrected chi connectivity index (χ2v) is 5.42. The lowest BCUT2D eigenvalue weighted by Crippen LogP contribution is -2.37. The highest BCUT2D eigenvalue weighted by Gasteiger charge is 2.15. The van der Waals surface area contributed by atoms with Crippen LogP contribution in [0.1, 0.15) is 11.1 Å². The minimum atomic E-state index is -0.965. The van der Waals surface area contributed by atoms with Gasteiger partial charge in [0.2, 0.25) is 0 Å². The highest BCUT2D eigenvalue weighted by molar-refractivity contribution is 6.35. The van der Waals surface area contributed by atoms with Gasteiger partial charge in [-0.3, -0.25) is 19.7 Å². The molecule has 0 aliphatic heterocycles. The van der Waals surface area contributed by atoms with E-state index >= 15 is 0 Å². The first-order valence-electron chi connectivity index (χ1n) is 8.01. The average Bonchev–Trinajstić information content (AvgIpc) is 2.72. The van der Waals surface area contributed by atoms with Gasteiger partial charge in [-0.25, -0.2) is 5.43 Å². The molecular formula is C18H18N4O6. The zero-order chi connectivity index (χ0) is 20.5. The zero-order valence-electron chi connectivity index (χ0n) is 15.2. The Morgan fingerprint density at radius 3 is 2.43 bits per heavy atom. The summed E-state index contributed by atoms with van der Waals surface area (Å²) >= 11 is 0. The van der Waals surface area contributed by atoms with Crippen molar-refractivity contribution < 1.29 is 24.0 Å². The van der Waals surface area contributed by atoms with E-state index in [1.807, 2.05) is 0 Å². The summed E-state index contributed by atoms with van der Waals surface area (Å²) in [7, 11) is 2.87. The molecule has 0 unspecified atom stereocenters. The fourth-order valence-corrected chi connectivity index (χ4v) is 2.15. The summed E-state index contributed by atoms with van der Waals surface area (Å²) in [5, 5.41) is 17.1. The van der Waals surface area contributed by atoms with Crippen molar-refractivity contribution in [2.45, 2.75) is 6.54 Å². The van der Waals surface area contributed by atoms with Crippen molar-refractivity contribution in [1.82, 2.24) is 10.7 Å². The number of ether oxygens (including phenoxy) is 2. The van der Waals surface area contributed by atoms with Crippen LogP contribution in [0, 0.1) is 10.1 Å². The molecule has 0 fully saturated rings. The molecule has 0 saturated heterocycles. The molecule has 0 bridgehead atoms. The van der Waals surface area contributed by atoms with Crippen LogP contribution < -0.4 is 20.2 Å². The Balaban J connectivity index is 1.89. The second-order valence-electron chi connectivity index (χ2n) is 5.42. The van der Waals surface area contributed by atoms with E-state index in [0.29, 0.717) is 11.3 Å². The van der Waals surface area contributed by atoms with E-state index in [-0.39, 0.29) is 18.0 Å². The Labute approximate surface area is 160 Å². The number of rotatable bonds is 7. The molecule has 0 atom stereocenters. The molecular weight excluding hydrogens is 368 g/mol. The van der Waals surface area contributed by atoms with Gasteiger partial charge in [0.1, 0.15) is 5.75 Å². The quantitative estimate of drug-likeness (QED) is 0.320. The number of hydrogen-bond donors (Lipinski definition) is 2. The lowest BCUT2D eigenvalue weighted by molar-refractivity contribution is -0.385. The summed E-state index contributed by atoms with van der Waals surface area (Å²) in [5.41, 5.74) is 2.96. The van der Waals surface area contributed by atoms with Crippen LogP contribution in [-0.2, 0) is 16.1 Å². The molecule has 2 rings (SSSR count). The van der Waals surface area contributed by atoms with Gasteiger partial charge >= 0.3 is 17.5 Å². The summed E-state index contributed by atoms with van der Waals surface area (Å²) in [6, 6.07) is 11.1. The van der Waals surface area contributed by atoms with Crippen molar-refractivity contribution in [3.63, 3.8) is 0 Å². The first kappa shape index (κ1) is 20.4. The molecule has 28 heavy (non-hydrogen) atoms. The van der Waals surface area contributed by atoms with E-state index in [1.165, 1.54) is 31.5 Å². The summed E-state index contributed by atoms with van der Waals surface area (Å²) in [6.07, 6.45) is 1.18. The average molecular weight is 386 g/mol. The molecule has 0 radical (unpaired) electrons. The van der Waals surface area contributed by atoms with Crippen molar-refractivity contribution in [3.05, 3.63) is 63.7 Å². The Morgan fingerprint density at radius 2 is 1.82 bits per heavy atom. The molecule has 0 saturated carbocycles. The molecule has 0 heterocycles. The monoisotopic (exact) mass is 386 g/mol. The molecule has 2 amide bonds. The minimum absolute atomic E-state index is 0.101.